The second-order valence-corrected chi connectivity index (χ2v) is 25.9. The summed E-state index contributed by atoms with van der Waals surface area (Å²) in [6, 6.07) is 10.0. The number of hydrogen-bond acceptors (Lipinski definition) is 1. The zero-order valence-electron chi connectivity index (χ0n) is 21.9. The van der Waals surface area contributed by atoms with E-state index in [0.717, 1.165) is 34.0 Å². The first-order chi connectivity index (χ1) is 14.2. The Morgan fingerprint density at radius 2 is 0.903 bits per heavy atom. The molecule has 186 valence electrons. The van der Waals surface area contributed by atoms with E-state index in [1.807, 2.05) is 34.3 Å². The minimum absolute atomic E-state index is 0.0957. The Morgan fingerprint density at radius 3 is 1.10 bits per heavy atom. The summed E-state index contributed by atoms with van der Waals surface area (Å²) in [4.78, 5) is 1.19. The number of hydrogen-bond donors (Lipinski definition) is 0. The third kappa shape index (κ3) is 18.5. The van der Waals surface area contributed by atoms with Crippen LogP contribution in [0, 0.1) is 0 Å². The van der Waals surface area contributed by atoms with E-state index in [4.69, 9.17) is 19.4 Å². The van der Waals surface area contributed by atoms with E-state index >= 15 is 0 Å². The normalized spacial score (nSPS) is 12.0. The molecule has 0 nitrogen and oxygen atoms in total. The molecule has 0 aliphatic rings. The molecule has 31 heavy (non-hydrogen) atoms. The van der Waals surface area contributed by atoms with Crippen LogP contribution < -0.4 is 0 Å². The van der Waals surface area contributed by atoms with Gasteiger partial charge in [-0.15, -0.1) is 0 Å². The van der Waals surface area contributed by atoms with Crippen molar-refractivity contribution < 1.29 is 13.5 Å². The van der Waals surface area contributed by atoms with Gasteiger partial charge in [-0.1, -0.05) is 0 Å². The fourth-order valence-corrected chi connectivity index (χ4v) is 15.3. The molecule has 0 N–H and O–H groups in total. The molecular formula is C25H50Cl2P2RuS+2. The molecule has 0 fully saturated rings. The van der Waals surface area contributed by atoms with Crippen LogP contribution >= 0.6 is 47.0 Å². The Bertz CT molecular complexity index is 510. The van der Waals surface area contributed by atoms with E-state index in [1.165, 1.54) is 4.90 Å². The van der Waals surface area contributed by atoms with Crippen LogP contribution in [0.4, 0.5) is 0 Å². The molecule has 0 saturated carbocycles. The van der Waals surface area contributed by atoms with Crippen LogP contribution in [0.5, 0.6) is 0 Å². The van der Waals surface area contributed by atoms with E-state index in [9.17, 15) is 0 Å². The van der Waals surface area contributed by atoms with Crippen LogP contribution in [0.15, 0.2) is 35.2 Å². The van der Waals surface area contributed by atoms with Gasteiger partial charge in [0.1, 0.15) is 0 Å². The molecule has 1 rings (SSSR count). The van der Waals surface area contributed by atoms with Crippen LogP contribution in [0.3, 0.4) is 0 Å². The van der Waals surface area contributed by atoms with Gasteiger partial charge in [-0.3, -0.25) is 0 Å². The van der Waals surface area contributed by atoms with Crippen LogP contribution in [-0.2, 0) is 13.5 Å². The van der Waals surface area contributed by atoms with E-state index in [-0.39, 0.29) is 15.8 Å². The van der Waals surface area contributed by atoms with Gasteiger partial charge in [0.25, 0.3) is 0 Å². The molecule has 0 unspecified atom stereocenters. The number of thioether (sulfide) groups is 1. The van der Waals surface area contributed by atoms with Gasteiger partial charge in [0, 0.05) is 15.8 Å². The number of halogens is 2. The summed E-state index contributed by atoms with van der Waals surface area (Å²) in [5, 5.41) is 0. The summed E-state index contributed by atoms with van der Waals surface area (Å²) in [7, 11) is 11.1. The first kappa shape index (κ1) is 34.7. The predicted octanol–water partition coefficient (Wildman–Crippen LogP) is 10.3. The number of rotatable bonds is 8. The zero-order valence-corrected chi connectivity index (χ0v) is 28.0. The van der Waals surface area contributed by atoms with E-state index in [0.29, 0.717) is 0 Å². The maximum atomic E-state index is 5.66. The fraction of sp³-hybridized carbons (Fsp3) is 0.720. The van der Waals surface area contributed by atoms with Gasteiger partial charge in [0.15, 0.2) is 0 Å². The molecule has 0 atom stereocenters. The van der Waals surface area contributed by atoms with Crippen LogP contribution in [0.1, 0.15) is 83.1 Å². The summed E-state index contributed by atoms with van der Waals surface area (Å²) in [5.41, 5.74) is 5.61. The zero-order chi connectivity index (χ0) is 24.7. The van der Waals surface area contributed by atoms with Crippen LogP contribution in [-0.4, -0.2) is 37.9 Å². The van der Waals surface area contributed by atoms with Gasteiger partial charge >= 0.3 is 83.8 Å². The Hall–Kier alpha value is 1.50. The molecule has 0 bridgehead atoms. The van der Waals surface area contributed by atoms with Gasteiger partial charge in [-0.05, 0) is 83.1 Å². The Labute approximate surface area is 215 Å². The van der Waals surface area contributed by atoms with E-state index in [1.54, 1.807) is 11.8 Å². The Morgan fingerprint density at radius 1 is 0.613 bits per heavy atom. The second-order valence-electron chi connectivity index (χ2n) is 9.65. The molecule has 0 aliphatic carbocycles. The van der Waals surface area contributed by atoms with Gasteiger partial charge in [-0.2, -0.15) is 0 Å². The molecule has 0 aromatic heterocycles. The molecule has 0 heterocycles. The van der Waals surface area contributed by atoms with Crippen molar-refractivity contribution in [3.63, 3.8) is 0 Å². The van der Waals surface area contributed by atoms with Crippen molar-refractivity contribution in [1.29, 1.82) is 0 Å². The summed E-state index contributed by atoms with van der Waals surface area (Å²) in [5.74, 6) is 0. The molecule has 1 aromatic carbocycles. The fourth-order valence-electron chi connectivity index (χ4n) is 4.58. The molecule has 0 radical (unpaired) electrons. The minimum atomic E-state index is -1.59. The maximum absolute atomic E-state index is 5.66. The first-order valence-electron chi connectivity index (χ1n) is 11.5. The van der Waals surface area contributed by atoms with Gasteiger partial charge in [-0.25, -0.2) is 0 Å². The molecule has 6 heteroatoms. The molecular weight excluding hydrogens is 566 g/mol. The van der Waals surface area contributed by atoms with Gasteiger partial charge < -0.3 is 0 Å². The average Bonchev–Trinajstić information content (AvgIpc) is 2.59. The summed E-state index contributed by atoms with van der Waals surface area (Å²) in [6.07, 6.45) is 0. The standard InChI is InChI=1S/2C9H21P.C7H6S.2ClH.Ru/c2*1-7(2)10(8(3)4)9(5)6;1-8-7-5-3-2-4-6-7;;;/h2*7-9H,1-6H3;1-6H;2*1H;/q;;;;;+2. The van der Waals surface area contributed by atoms with Crippen molar-refractivity contribution in [2.24, 2.45) is 0 Å². The molecule has 0 saturated heterocycles. The van der Waals surface area contributed by atoms with E-state index in [2.05, 4.69) is 83.1 Å². The van der Waals surface area contributed by atoms with Crippen LogP contribution in [0.25, 0.3) is 0 Å². The van der Waals surface area contributed by atoms with Crippen LogP contribution in [0.2, 0.25) is 0 Å². The van der Waals surface area contributed by atoms with Crippen molar-refractivity contribution in [3.05, 3.63) is 30.3 Å². The SMILES string of the molecule is CC(C)[PH+](C(C)C)C(C)C.CC(C)[PH+](C(C)C)C(C)C.[Cl][Ru]([Cl])=[CH]Sc1ccccc1. The predicted molar refractivity (Wildman–Crippen MR) is 158 cm³/mol. The molecule has 0 spiro atoms. The second kappa shape index (κ2) is 19.8. The monoisotopic (exact) mass is 616 g/mol. The van der Waals surface area contributed by atoms with Gasteiger partial charge in [0.2, 0.25) is 0 Å². The summed E-state index contributed by atoms with van der Waals surface area (Å²) in [6.45, 7) is 28.4. The van der Waals surface area contributed by atoms with E-state index < -0.39 is 13.5 Å². The first-order valence-corrected chi connectivity index (χ1v) is 21.3. The topological polar surface area (TPSA) is 0 Å². The quantitative estimate of drug-likeness (QED) is 0.159. The van der Waals surface area contributed by atoms with Crippen molar-refractivity contribution >= 4 is 50.9 Å². The van der Waals surface area contributed by atoms with Crippen molar-refractivity contribution in [1.82, 2.24) is 0 Å². The van der Waals surface area contributed by atoms with Crippen molar-refractivity contribution in [3.8, 4) is 0 Å². The van der Waals surface area contributed by atoms with Crippen molar-refractivity contribution in [2.75, 3.05) is 0 Å². The molecule has 1 aromatic rings. The number of benzene rings is 1. The molecule has 0 amide bonds. The summed E-state index contributed by atoms with van der Waals surface area (Å²) < 4.78 is 1.92. The van der Waals surface area contributed by atoms with Crippen molar-refractivity contribution in [2.45, 2.75) is 122 Å². The third-order valence-electron chi connectivity index (χ3n) is 4.98. The Balaban J connectivity index is 0. The summed E-state index contributed by atoms with van der Waals surface area (Å²) >= 11 is 0.00846. The third-order valence-corrected chi connectivity index (χ3v) is 17.5. The molecule has 0 aliphatic heterocycles. The van der Waals surface area contributed by atoms with Gasteiger partial charge in [0.05, 0.1) is 34.0 Å². The Kier molecular flexibility index (Phi) is 22.1. The average molecular weight is 617 g/mol.